The van der Waals surface area contributed by atoms with Gasteiger partial charge in [-0.15, -0.1) is 0 Å². The largest absolute Gasteiger partial charge is 0.465 e. The fourth-order valence-corrected chi connectivity index (χ4v) is 3.43. The number of ether oxygens (including phenoxy) is 2. The van der Waals surface area contributed by atoms with Crippen molar-refractivity contribution in [3.8, 4) is 0 Å². The fraction of sp³-hybridized carbons (Fsp3) is 0.591. The Hall–Kier alpha value is -2.57. The van der Waals surface area contributed by atoms with Crippen LogP contribution in [0.5, 0.6) is 0 Å². The van der Waals surface area contributed by atoms with Gasteiger partial charge in [0.15, 0.2) is 0 Å². The summed E-state index contributed by atoms with van der Waals surface area (Å²) in [5, 5.41) is 3.01. The van der Waals surface area contributed by atoms with Crippen LogP contribution in [-0.2, 0) is 14.3 Å². The van der Waals surface area contributed by atoms with Crippen LogP contribution in [0.3, 0.4) is 0 Å². The molecule has 1 saturated heterocycles. The summed E-state index contributed by atoms with van der Waals surface area (Å²) in [5.41, 5.74) is -0.291. The zero-order valence-corrected chi connectivity index (χ0v) is 18.2. The van der Waals surface area contributed by atoms with E-state index < -0.39 is 23.2 Å². The number of likely N-dealkylation sites (tertiary alicyclic amines) is 1. The van der Waals surface area contributed by atoms with Crippen LogP contribution in [-0.4, -0.2) is 47.7 Å². The normalized spacial score (nSPS) is 20.6. The van der Waals surface area contributed by atoms with Gasteiger partial charge in [-0.25, -0.2) is 9.59 Å². The van der Waals surface area contributed by atoms with Gasteiger partial charge in [-0.1, -0.05) is 12.1 Å². The highest BCUT2D eigenvalue weighted by Crippen LogP contribution is 2.31. The number of carbonyl (C=O) groups is 3. The van der Waals surface area contributed by atoms with E-state index in [4.69, 9.17) is 9.47 Å². The summed E-state index contributed by atoms with van der Waals surface area (Å²) in [4.78, 5) is 39.0. The number of piperidine rings is 1. The number of esters is 1. The first kappa shape index (κ1) is 22.7. The summed E-state index contributed by atoms with van der Waals surface area (Å²) in [6, 6.07) is 6.62. The third-order valence-electron chi connectivity index (χ3n) is 5.17. The number of nitrogens with zero attached hydrogens (tertiary/aromatic N) is 1. The second-order valence-electron chi connectivity index (χ2n) is 8.67. The first-order valence-corrected chi connectivity index (χ1v) is 9.98. The van der Waals surface area contributed by atoms with Crippen molar-refractivity contribution in [2.75, 3.05) is 13.7 Å². The lowest BCUT2D eigenvalue weighted by atomic mass is 9.87. The predicted molar refractivity (Wildman–Crippen MR) is 110 cm³/mol. The molecule has 0 spiro atoms. The second-order valence-corrected chi connectivity index (χ2v) is 8.67. The number of methoxy groups -OCH3 is 1. The Morgan fingerprint density at radius 1 is 1.14 bits per heavy atom. The molecule has 0 saturated carbocycles. The van der Waals surface area contributed by atoms with E-state index in [2.05, 4.69) is 5.32 Å². The summed E-state index contributed by atoms with van der Waals surface area (Å²) in [6.45, 7) is 9.58. The molecule has 160 valence electrons. The summed E-state index contributed by atoms with van der Waals surface area (Å²) >= 11 is 0. The number of carbonyl (C=O) groups excluding carboxylic acids is 3. The smallest absolute Gasteiger partial charge is 0.411 e. The van der Waals surface area contributed by atoms with Crippen molar-refractivity contribution in [1.82, 2.24) is 10.2 Å². The van der Waals surface area contributed by atoms with Crippen LogP contribution in [0.2, 0.25) is 0 Å². The van der Waals surface area contributed by atoms with E-state index in [0.717, 1.165) is 18.4 Å². The van der Waals surface area contributed by atoms with Crippen LogP contribution in [0.25, 0.3) is 0 Å². The van der Waals surface area contributed by atoms with Gasteiger partial charge in [-0.3, -0.25) is 9.69 Å². The topological polar surface area (TPSA) is 84.9 Å². The first-order chi connectivity index (χ1) is 13.5. The van der Waals surface area contributed by atoms with Crippen molar-refractivity contribution in [1.29, 1.82) is 0 Å². The SMILES string of the molecule is COC(=O)c1ccc([C@H](C)NC(=O)[C@@]2(C)CCCCN2C(=O)OC(C)(C)C)cc1. The molecule has 1 heterocycles. The highest BCUT2D eigenvalue weighted by atomic mass is 16.6. The molecule has 1 fully saturated rings. The highest BCUT2D eigenvalue weighted by Gasteiger charge is 2.45. The molecule has 1 aliphatic heterocycles. The van der Waals surface area contributed by atoms with E-state index in [1.807, 2.05) is 27.7 Å². The van der Waals surface area contributed by atoms with Gasteiger partial charge in [0.1, 0.15) is 11.1 Å². The number of benzene rings is 1. The molecule has 0 radical (unpaired) electrons. The minimum absolute atomic E-state index is 0.215. The van der Waals surface area contributed by atoms with Crippen molar-refractivity contribution in [3.63, 3.8) is 0 Å². The molecule has 0 bridgehead atoms. The molecule has 1 aromatic carbocycles. The van der Waals surface area contributed by atoms with E-state index in [1.165, 1.54) is 7.11 Å². The number of hydrogen-bond acceptors (Lipinski definition) is 5. The molecule has 2 amide bonds. The third-order valence-corrected chi connectivity index (χ3v) is 5.17. The average molecular weight is 405 g/mol. The second kappa shape index (κ2) is 8.84. The minimum Gasteiger partial charge on any atom is -0.465 e. The van der Waals surface area contributed by atoms with Gasteiger partial charge in [-0.2, -0.15) is 0 Å². The molecule has 1 N–H and O–H groups in total. The fourth-order valence-electron chi connectivity index (χ4n) is 3.43. The van der Waals surface area contributed by atoms with E-state index in [-0.39, 0.29) is 11.9 Å². The molecular weight excluding hydrogens is 372 g/mol. The minimum atomic E-state index is -0.971. The first-order valence-electron chi connectivity index (χ1n) is 9.98. The van der Waals surface area contributed by atoms with Gasteiger partial charge in [0.2, 0.25) is 5.91 Å². The lowest BCUT2D eigenvalue weighted by molar-refractivity contribution is -0.135. The average Bonchev–Trinajstić information content (AvgIpc) is 2.66. The van der Waals surface area contributed by atoms with Gasteiger partial charge in [-0.05, 0) is 71.6 Å². The van der Waals surface area contributed by atoms with Crippen molar-refractivity contribution < 1.29 is 23.9 Å². The Morgan fingerprint density at radius 2 is 1.76 bits per heavy atom. The van der Waals surface area contributed by atoms with Crippen LogP contribution in [0.4, 0.5) is 4.79 Å². The zero-order valence-electron chi connectivity index (χ0n) is 18.2. The number of hydrogen-bond donors (Lipinski definition) is 1. The molecule has 7 heteroatoms. The van der Waals surface area contributed by atoms with Gasteiger partial charge in [0.05, 0.1) is 18.7 Å². The van der Waals surface area contributed by atoms with Crippen LogP contribution in [0.1, 0.15) is 75.8 Å². The maximum absolute atomic E-state index is 13.2. The Morgan fingerprint density at radius 3 is 2.31 bits per heavy atom. The number of nitrogens with one attached hydrogen (secondary N) is 1. The summed E-state index contributed by atoms with van der Waals surface area (Å²) in [7, 11) is 1.33. The van der Waals surface area contributed by atoms with Crippen molar-refractivity contribution in [2.24, 2.45) is 0 Å². The lowest BCUT2D eigenvalue weighted by Gasteiger charge is -2.44. The number of amides is 2. The van der Waals surface area contributed by atoms with Gasteiger partial charge >= 0.3 is 12.1 Å². The zero-order chi connectivity index (χ0) is 21.8. The van der Waals surface area contributed by atoms with Crippen molar-refractivity contribution >= 4 is 18.0 Å². The van der Waals surface area contributed by atoms with E-state index in [9.17, 15) is 14.4 Å². The molecule has 29 heavy (non-hydrogen) atoms. The molecule has 2 atom stereocenters. The lowest BCUT2D eigenvalue weighted by Crippen LogP contribution is -2.61. The number of rotatable bonds is 4. The monoisotopic (exact) mass is 404 g/mol. The molecule has 0 aliphatic carbocycles. The maximum atomic E-state index is 13.2. The van der Waals surface area contributed by atoms with Gasteiger partial charge < -0.3 is 14.8 Å². The molecule has 1 aromatic rings. The summed E-state index contributed by atoms with van der Waals surface area (Å²) in [6.07, 6.45) is 1.81. The quantitative estimate of drug-likeness (QED) is 0.771. The van der Waals surface area contributed by atoms with Gasteiger partial charge in [0, 0.05) is 6.54 Å². The summed E-state index contributed by atoms with van der Waals surface area (Å²) in [5.74, 6) is -0.622. The standard InChI is InChI=1S/C22H32N2O5/c1-15(16-9-11-17(12-10-16)18(25)28-6)23-19(26)22(5)13-7-8-14-24(22)20(27)29-21(2,3)4/h9-12,15H,7-8,13-14H2,1-6H3,(H,23,26)/t15-,22+/m0/s1. The Labute approximate surface area is 172 Å². The third kappa shape index (κ3) is 5.49. The molecular formula is C22H32N2O5. The van der Waals surface area contributed by atoms with Gasteiger partial charge in [0.25, 0.3) is 0 Å². The predicted octanol–water partition coefficient (Wildman–Crippen LogP) is 3.83. The van der Waals surface area contributed by atoms with Crippen LogP contribution >= 0.6 is 0 Å². The Bertz CT molecular complexity index is 753. The van der Waals surface area contributed by atoms with Crippen molar-refractivity contribution in [2.45, 2.75) is 71.1 Å². The van der Waals surface area contributed by atoms with Crippen LogP contribution in [0, 0.1) is 0 Å². The molecule has 7 nitrogen and oxygen atoms in total. The maximum Gasteiger partial charge on any atom is 0.411 e. The van der Waals surface area contributed by atoms with E-state index in [0.29, 0.717) is 18.5 Å². The van der Waals surface area contributed by atoms with Crippen LogP contribution in [0.15, 0.2) is 24.3 Å². The summed E-state index contributed by atoms with van der Waals surface area (Å²) < 4.78 is 10.2. The Kier molecular flexibility index (Phi) is 6.93. The highest BCUT2D eigenvalue weighted by molar-refractivity contribution is 5.90. The molecule has 1 aliphatic rings. The molecule has 0 aromatic heterocycles. The molecule has 2 rings (SSSR count). The van der Waals surface area contributed by atoms with E-state index in [1.54, 1.807) is 36.1 Å². The van der Waals surface area contributed by atoms with Crippen molar-refractivity contribution in [3.05, 3.63) is 35.4 Å². The van der Waals surface area contributed by atoms with Crippen LogP contribution < -0.4 is 5.32 Å². The Balaban J connectivity index is 2.13. The van der Waals surface area contributed by atoms with E-state index >= 15 is 0 Å². The molecule has 0 unspecified atom stereocenters.